The molecule has 4 aromatic rings. The first-order valence-corrected chi connectivity index (χ1v) is 12.0. The molecular formula is C28H28N6O2. The third-order valence-corrected chi connectivity index (χ3v) is 6.59. The predicted octanol–water partition coefficient (Wildman–Crippen LogP) is 5.35. The Morgan fingerprint density at radius 1 is 0.833 bits per heavy atom. The van der Waals surface area contributed by atoms with E-state index in [4.69, 9.17) is 0 Å². The van der Waals surface area contributed by atoms with Crippen LogP contribution in [0.3, 0.4) is 0 Å². The van der Waals surface area contributed by atoms with Gasteiger partial charge in [-0.25, -0.2) is 9.97 Å². The summed E-state index contributed by atoms with van der Waals surface area (Å²) in [5.41, 5.74) is 4.12. The molecule has 0 unspecified atom stereocenters. The molecule has 8 nitrogen and oxygen atoms in total. The Morgan fingerprint density at radius 3 is 2.00 bits per heavy atom. The maximum Gasteiger partial charge on any atom is 0.353 e. The van der Waals surface area contributed by atoms with Crippen molar-refractivity contribution in [2.45, 2.75) is 13.0 Å². The highest BCUT2D eigenvalue weighted by Gasteiger charge is 2.32. The molecule has 1 aliphatic heterocycles. The van der Waals surface area contributed by atoms with Crippen molar-refractivity contribution < 1.29 is 4.92 Å². The second kappa shape index (κ2) is 10.5. The third kappa shape index (κ3) is 4.89. The van der Waals surface area contributed by atoms with Gasteiger partial charge in [0.2, 0.25) is 11.6 Å². The molecule has 0 bridgehead atoms. The van der Waals surface area contributed by atoms with Crippen LogP contribution in [0.25, 0.3) is 0 Å². The van der Waals surface area contributed by atoms with E-state index >= 15 is 0 Å². The number of para-hydroxylation sites is 1. The van der Waals surface area contributed by atoms with Gasteiger partial charge in [-0.3, -0.25) is 15.0 Å². The Balaban J connectivity index is 1.40. The summed E-state index contributed by atoms with van der Waals surface area (Å²) in [4.78, 5) is 24.7. The molecule has 1 aliphatic rings. The van der Waals surface area contributed by atoms with E-state index in [1.165, 1.54) is 17.5 Å². The minimum atomic E-state index is -0.390. The van der Waals surface area contributed by atoms with E-state index in [-0.39, 0.29) is 22.5 Å². The molecule has 5 rings (SSSR count). The average Bonchev–Trinajstić information content (AvgIpc) is 2.91. The van der Waals surface area contributed by atoms with Crippen molar-refractivity contribution in [2.24, 2.45) is 0 Å². The number of benzene rings is 3. The fourth-order valence-electron chi connectivity index (χ4n) is 4.78. The summed E-state index contributed by atoms with van der Waals surface area (Å²) < 4.78 is 0. The van der Waals surface area contributed by atoms with Crippen molar-refractivity contribution in [3.05, 3.63) is 118 Å². The highest BCUT2D eigenvalue weighted by molar-refractivity contribution is 5.75. The van der Waals surface area contributed by atoms with Gasteiger partial charge in [0.25, 0.3) is 0 Å². The van der Waals surface area contributed by atoms with Crippen molar-refractivity contribution in [2.75, 3.05) is 36.4 Å². The second-order valence-corrected chi connectivity index (χ2v) is 8.84. The van der Waals surface area contributed by atoms with Gasteiger partial charge in [-0.05, 0) is 29.7 Å². The van der Waals surface area contributed by atoms with E-state index in [0.29, 0.717) is 18.9 Å². The van der Waals surface area contributed by atoms with Crippen LogP contribution in [-0.2, 0) is 0 Å². The lowest BCUT2D eigenvalue weighted by atomic mass is 9.96. The number of rotatable bonds is 7. The fourth-order valence-corrected chi connectivity index (χ4v) is 4.78. The van der Waals surface area contributed by atoms with Gasteiger partial charge in [-0.15, -0.1) is 0 Å². The summed E-state index contributed by atoms with van der Waals surface area (Å²) in [5, 5.41) is 15.3. The van der Waals surface area contributed by atoms with Crippen LogP contribution in [0.15, 0.2) is 91.3 Å². The van der Waals surface area contributed by atoms with Gasteiger partial charge in [-0.2, -0.15) is 0 Å². The first-order valence-electron chi connectivity index (χ1n) is 12.0. The number of anilines is 3. The van der Waals surface area contributed by atoms with Crippen molar-refractivity contribution >= 4 is 23.0 Å². The zero-order chi connectivity index (χ0) is 24.9. The zero-order valence-corrected chi connectivity index (χ0v) is 20.1. The molecule has 0 amide bonds. The maximum atomic E-state index is 12.2. The van der Waals surface area contributed by atoms with Gasteiger partial charge in [0.05, 0.1) is 11.0 Å². The third-order valence-electron chi connectivity index (χ3n) is 6.59. The van der Waals surface area contributed by atoms with E-state index in [2.05, 4.69) is 68.7 Å². The van der Waals surface area contributed by atoms with Crippen LogP contribution >= 0.6 is 0 Å². The molecule has 36 heavy (non-hydrogen) atoms. The quantitative estimate of drug-likeness (QED) is 0.282. The van der Waals surface area contributed by atoms with E-state index in [1.807, 2.05) is 48.2 Å². The number of hydrogen-bond donors (Lipinski definition) is 1. The SMILES string of the molecule is Cc1ccccc1Nc1ncnc(N2CCN(C(c3ccccc3)c3ccccc3)CC2)c1[N+](=O)[O-]. The van der Waals surface area contributed by atoms with Gasteiger partial charge in [-0.1, -0.05) is 78.9 Å². The van der Waals surface area contributed by atoms with Gasteiger partial charge >= 0.3 is 5.69 Å². The van der Waals surface area contributed by atoms with Crippen molar-refractivity contribution in [3.8, 4) is 0 Å². The van der Waals surface area contributed by atoms with E-state index in [0.717, 1.165) is 24.3 Å². The first-order chi connectivity index (χ1) is 17.6. The van der Waals surface area contributed by atoms with Crippen LogP contribution in [0.5, 0.6) is 0 Å². The normalized spacial score (nSPS) is 14.1. The molecule has 0 aliphatic carbocycles. The minimum absolute atomic E-state index is 0.100. The highest BCUT2D eigenvalue weighted by atomic mass is 16.6. The number of aromatic nitrogens is 2. The van der Waals surface area contributed by atoms with Crippen LogP contribution < -0.4 is 10.2 Å². The molecule has 0 saturated carbocycles. The molecule has 1 N–H and O–H groups in total. The molecule has 0 spiro atoms. The van der Waals surface area contributed by atoms with Crippen molar-refractivity contribution in [1.29, 1.82) is 0 Å². The topological polar surface area (TPSA) is 87.4 Å². The largest absolute Gasteiger partial charge is 0.353 e. The predicted molar refractivity (Wildman–Crippen MR) is 142 cm³/mol. The number of hydrogen-bond acceptors (Lipinski definition) is 7. The molecule has 1 saturated heterocycles. The molecule has 2 heterocycles. The molecule has 1 aromatic heterocycles. The Morgan fingerprint density at radius 2 is 1.42 bits per heavy atom. The summed E-state index contributed by atoms with van der Waals surface area (Å²) in [6.07, 6.45) is 1.39. The van der Waals surface area contributed by atoms with Crippen LogP contribution in [-0.4, -0.2) is 46.0 Å². The summed E-state index contributed by atoms with van der Waals surface area (Å²) in [6, 6.07) is 28.7. The Kier molecular flexibility index (Phi) is 6.86. The molecule has 8 heteroatoms. The smallest absolute Gasteiger partial charge is 0.348 e. The lowest BCUT2D eigenvalue weighted by Gasteiger charge is -2.40. The highest BCUT2D eigenvalue weighted by Crippen LogP contribution is 2.36. The fraction of sp³-hybridized carbons (Fsp3) is 0.214. The van der Waals surface area contributed by atoms with E-state index in [1.54, 1.807) is 0 Å². The van der Waals surface area contributed by atoms with E-state index in [9.17, 15) is 10.1 Å². The van der Waals surface area contributed by atoms with Crippen LogP contribution in [0.4, 0.5) is 23.0 Å². The van der Waals surface area contributed by atoms with Gasteiger partial charge in [0.15, 0.2) is 0 Å². The monoisotopic (exact) mass is 480 g/mol. The number of nitrogens with zero attached hydrogens (tertiary/aromatic N) is 5. The molecule has 3 aromatic carbocycles. The average molecular weight is 481 g/mol. The van der Waals surface area contributed by atoms with Gasteiger partial charge in [0.1, 0.15) is 6.33 Å². The van der Waals surface area contributed by atoms with Crippen molar-refractivity contribution in [3.63, 3.8) is 0 Å². The first kappa shape index (κ1) is 23.4. The second-order valence-electron chi connectivity index (χ2n) is 8.84. The lowest BCUT2D eigenvalue weighted by molar-refractivity contribution is -0.383. The molecule has 0 atom stereocenters. The van der Waals surface area contributed by atoms with Crippen molar-refractivity contribution in [1.82, 2.24) is 14.9 Å². The summed E-state index contributed by atoms with van der Waals surface area (Å²) in [5.74, 6) is 0.551. The lowest BCUT2D eigenvalue weighted by Crippen LogP contribution is -2.48. The Hall–Kier alpha value is -4.30. The molecule has 1 fully saturated rings. The molecule has 0 radical (unpaired) electrons. The van der Waals surface area contributed by atoms with Crippen LogP contribution in [0, 0.1) is 17.0 Å². The summed E-state index contributed by atoms with van der Waals surface area (Å²) in [6.45, 7) is 4.69. The van der Waals surface area contributed by atoms with Crippen LogP contribution in [0.2, 0.25) is 0 Å². The number of nitro groups is 1. The standard InChI is InChI=1S/C28H28N6O2/c1-21-10-8-9-15-24(21)31-27-26(34(35)36)28(30-20-29-27)33-18-16-32(17-19-33)25(22-11-4-2-5-12-22)23-13-6-3-7-14-23/h2-15,20,25H,16-19H2,1H3,(H,29,30,31). The number of nitrogens with one attached hydrogen (secondary N) is 1. The zero-order valence-electron chi connectivity index (χ0n) is 20.1. The van der Waals surface area contributed by atoms with E-state index < -0.39 is 0 Å². The maximum absolute atomic E-state index is 12.2. The number of piperazine rings is 1. The molecule has 182 valence electrons. The number of aryl methyl sites for hydroxylation is 1. The summed E-state index contributed by atoms with van der Waals surface area (Å²) in [7, 11) is 0. The Bertz CT molecular complexity index is 1280. The molecular weight excluding hydrogens is 452 g/mol. The van der Waals surface area contributed by atoms with Gasteiger partial charge < -0.3 is 10.2 Å². The van der Waals surface area contributed by atoms with Crippen LogP contribution in [0.1, 0.15) is 22.7 Å². The summed E-state index contributed by atoms with van der Waals surface area (Å²) >= 11 is 0. The minimum Gasteiger partial charge on any atom is -0.348 e. The Labute approximate surface area is 210 Å². The van der Waals surface area contributed by atoms with Gasteiger partial charge in [0, 0.05) is 31.9 Å².